The summed E-state index contributed by atoms with van der Waals surface area (Å²) in [7, 11) is 0. The molecule has 3 aliphatic heterocycles. The molecule has 3 saturated heterocycles. The van der Waals surface area contributed by atoms with Crippen LogP contribution in [0, 0.1) is 18.8 Å². The summed E-state index contributed by atoms with van der Waals surface area (Å²) < 4.78 is 6.39. The second kappa shape index (κ2) is 6.40. The van der Waals surface area contributed by atoms with E-state index < -0.39 is 0 Å². The van der Waals surface area contributed by atoms with Gasteiger partial charge in [-0.1, -0.05) is 43.7 Å². The number of aryl methyl sites for hydroxylation is 1. The van der Waals surface area contributed by atoms with Crippen molar-refractivity contribution in [1.29, 1.82) is 0 Å². The Morgan fingerprint density at radius 3 is 2.76 bits per heavy atom. The molecule has 4 rings (SSSR count). The van der Waals surface area contributed by atoms with Crippen LogP contribution in [-0.2, 0) is 16.1 Å². The summed E-state index contributed by atoms with van der Waals surface area (Å²) in [6.45, 7) is 10.3. The van der Waals surface area contributed by atoms with Crippen molar-refractivity contribution in [2.75, 3.05) is 19.7 Å². The number of ether oxygens (including phenoxy) is 1. The van der Waals surface area contributed by atoms with Crippen LogP contribution in [0.1, 0.15) is 44.2 Å². The van der Waals surface area contributed by atoms with Crippen LogP contribution in [0.15, 0.2) is 24.3 Å². The van der Waals surface area contributed by atoms with Gasteiger partial charge >= 0.3 is 0 Å². The van der Waals surface area contributed by atoms with Crippen molar-refractivity contribution >= 4 is 5.91 Å². The Morgan fingerprint density at radius 1 is 1.28 bits per heavy atom. The number of hydrogen-bond donors (Lipinski definition) is 0. The summed E-state index contributed by atoms with van der Waals surface area (Å²) in [4.78, 5) is 17.4. The Hall–Kier alpha value is -1.39. The molecule has 3 fully saturated rings. The van der Waals surface area contributed by atoms with E-state index in [1.165, 1.54) is 11.1 Å². The van der Waals surface area contributed by atoms with Crippen molar-refractivity contribution < 1.29 is 9.53 Å². The van der Waals surface area contributed by atoms with E-state index in [0.29, 0.717) is 30.8 Å². The standard InChI is InChI=1S/C21H30N2O2/c1-15(2)19-14-25-21-10-11-22(12-17-6-4-16(3)5-7-17)13-18(21)8-9-20(24)23(19)21/h4-7,15,18-19H,8-14H2,1-3H3/t18-,19-,21-/m1/s1. The Bertz CT molecular complexity index is 642. The molecule has 4 heteroatoms. The second-order valence-corrected chi connectivity index (χ2v) is 8.44. The molecule has 1 aromatic carbocycles. The number of rotatable bonds is 3. The topological polar surface area (TPSA) is 32.8 Å². The summed E-state index contributed by atoms with van der Waals surface area (Å²) in [5.41, 5.74) is 2.35. The molecule has 0 radical (unpaired) electrons. The van der Waals surface area contributed by atoms with Gasteiger partial charge < -0.3 is 9.64 Å². The Kier molecular flexibility index (Phi) is 4.37. The first kappa shape index (κ1) is 17.0. The van der Waals surface area contributed by atoms with Crippen molar-refractivity contribution in [3.8, 4) is 0 Å². The zero-order valence-corrected chi connectivity index (χ0v) is 15.7. The molecule has 3 atom stereocenters. The van der Waals surface area contributed by atoms with E-state index in [4.69, 9.17) is 4.74 Å². The van der Waals surface area contributed by atoms with Crippen molar-refractivity contribution in [3.63, 3.8) is 0 Å². The predicted octanol–water partition coefficient (Wildman–Crippen LogP) is 3.19. The largest absolute Gasteiger partial charge is 0.353 e. The van der Waals surface area contributed by atoms with E-state index >= 15 is 0 Å². The third kappa shape index (κ3) is 2.89. The number of carbonyl (C=O) groups is 1. The van der Waals surface area contributed by atoms with E-state index in [1.54, 1.807) is 0 Å². The third-order valence-electron chi connectivity index (χ3n) is 6.42. The van der Waals surface area contributed by atoms with E-state index in [9.17, 15) is 4.79 Å². The number of piperidine rings is 2. The van der Waals surface area contributed by atoms with Gasteiger partial charge in [-0.25, -0.2) is 0 Å². The molecule has 3 aliphatic rings. The highest BCUT2D eigenvalue weighted by atomic mass is 16.5. The van der Waals surface area contributed by atoms with Gasteiger partial charge in [-0.2, -0.15) is 0 Å². The highest BCUT2D eigenvalue weighted by molar-refractivity contribution is 5.78. The molecule has 1 amide bonds. The molecule has 0 unspecified atom stereocenters. The van der Waals surface area contributed by atoms with Crippen molar-refractivity contribution in [1.82, 2.24) is 9.80 Å². The average molecular weight is 342 g/mol. The summed E-state index contributed by atoms with van der Waals surface area (Å²) in [5, 5.41) is 0. The van der Waals surface area contributed by atoms with Crippen LogP contribution in [0.2, 0.25) is 0 Å². The summed E-state index contributed by atoms with van der Waals surface area (Å²) in [6.07, 6.45) is 2.58. The summed E-state index contributed by atoms with van der Waals surface area (Å²) in [5.74, 6) is 1.19. The van der Waals surface area contributed by atoms with Crippen LogP contribution in [0.3, 0.4) is 0 Å². The molecule has 0 saturated carbocycles. The van der Waals surface area contributed by atoms with E-state index in [0.717, 1.165) is 32.5 Å². The molecule has 0 N–H and O–H groups in total. The SMILES string of the molecule is Cc1ccc(CN2CC[C@]34OC[C@H](C(C)C)N3C(=O)CC[C@@H]4C2)cc1. The first-order valence-electron chi connectivity index (χ1n) is 9.73. The van der Waals surface area contributed by atoms with Gasteiger partial charge in [0.1, 0.15) is 5.72 Å². The molecule has 1 spiro atoms. The van der Waals surface area contributed by atoms with Gasteiger partial charge in [0.2, 0.25) is 5.91 Å². The zero-order chi connectivity index (χ0) is 17.6. The Morgan fingerprint density at radius 2 is 2.04 bits per heavy atom. The van der Waals surface area contributed by atoms with Crippen LogP contribution < -0.4 is 0 Å². The summed E-state index contributed by atoms with van der Waals surface area (Å²) in [6, 6.07) is 9.09. The second-order valence-electron chi connectivity index (χ2n) is 8.44. The van der Waals surface area contributed by atoms with E-state index in [1.807, 2.05) is 0 Å². The molecule has 0 aromatic heterocycles. The maximum absolute atomic E-state index is 12.7. The lowest BCUT2D eigenvalue weighted by Gasteiger charge is -2.53. The fourth-order valence-electron chi connectivity index (χ4n) is 4.95. The lowest BCUT2D eigenvalue weighted by Crippen LogP contribution is -2.65. The monoisotopic (exact) mass is 342 g/mol. The molecule has 3 heterocycles. The van der Waals surface area contributed by atoms with Gasteiger partial charge in [0, 0.05) is 38.4 Å². The lowest BCUT2D eigenvalue weighted by atomic mass is 9.79. The number of amides is 1. The quantitative estimate of drug-likeness (QED) is 0.846. The normalized spacial score (nSPS) is 32.8. The predicted molar refractivity (Wildman–Crippen MR) is 98.0 cm³/mol. The smallest absolute Gasteiger partial charge is 0.225 e. The van der Waals surface area contributed by atoms with Crippen LogP contribution in [0.4, 0.5) is 0 Å². The average Bonchev–Trinajstić information content (AvgIpc) is 2.99. The molecular weight excluding hydrogens is 312 g/mol. The minimum Gasteiger partial charge on any atom is -0.353 e. The van der Waals surface area contributed by atoms with Crippen LogP contribution in [0.25, 0.3) is 0 Å². The van der Waals surface area contributed by atoms with E-state index in [2.05, 4.69) is 54.8 Å². The fraction of sp³-hybridized carbons (Fsp3) is 0.667. The van der Waals surface area contributed by atoms with Crippen molar-refractivity contribution in [2.24, 2.45) is 11.8 Å². The molecule has 25 heavy (non-hydrogen) atoms. The van der Waals surface area contributed by atoms with Gasteiger partial charge in [-0.3, -0.25) is 9.69 Å². The first-order chi connectivity index (χ1) is 12.0. The maximum Gasteiger partial charge on any atom is 0.225 e. The van der Waals surface area contributed by atoms with Gasteiger partial charge in [0.25, 0.3) is 0 Å². The first-order valence-corrected chi connectivity index (χ1v) is 9.73. The van der Waals surface area contributed by atoms with Crippen LogP contribution >= 0.6 is 0 Å². The fourth-order valence-corrected chi connectivity index (χ4v) is 4.95. The van der Waals surface area contributed by atoms with Gasteiger partial charge in [-0.05, 0) is 24.8 Å². The highest BCUT2D eigenvalue weighted by Gasteiger charge is 2.58. The molecular formula is C21H30N2O2. The van der Waals surface area contributed by atoms with Gasteiger partial charge in [-0.15, -0.1) is 0 Å². The Balaban J connectivity index is 1.50. The zero-order valence-electron chi connectivity index (χ0n) is 15.7. The van der Waals surface area contributed by atoms with Crippen molar-refractivity contribution in [2.45, 2.75) is 58.3 Å². The van der Waals surface area contributed by atoms with Gasteiger partial charge in [0.15, 0.2) is 0 Å². The number of nitrogens with zero attached hydrogens (tertiary/aromatic N) is 2. The maximum atomic E-state index is 12.7. The van der Waals surface area contributed by atoms with E-state index in [-0.39, 0.29) is 11.8 Å². The molecule has 0 aliphatic carbocycles. The molecule has 4 nitrogen and oxygen atoms in total. The van der Waals surface area contributed by atoms with Crippen molar-refractivity contribution in [3.05, 3.63) is 35.4 Å². The molecule has 136 valence electrons. The lowest BCUT2D eigenvalue weighted by molar-refractivity contribution is -0.193. The number of likely N-dealkylation sites (tertiary alicyclic amines) is 1. The highest BCUT2D eigenvalue weighted by Crippen LogP contribution is 2.47. The molecule has 1 aromatic rings. The number of hydrogen-bond acceptors (Lipinski definition) is 3. The third-order valence-corrected chi connectivity index (χ3v) is 6.42. The minimum absolute atomic E-state index is 0.249. The number of benzene rings is 1. The summed E-state index contributed by atoms with van der Waals surface area (Å²) >= 11 is 0. The Labute approximate surface area is 151 Å². The minimum atomic E-state index is -0.325. The number of carbonyl (C=O) groups excluding carboxylic acids is 1. The van der Waals surface area contributed by atoms with Crippen LogP contribution in [-0.4, -0.2) is 47.2 Å². The molecule has 0 bridgehead atoms. The van der Waals surface area contributed by atoms with Crippen LogP contribution in [0.5, 0.6) is 0 Å². The van der Waals surface area contributed by atoms with Gasteiger partial charge in [0.05, 0.1) is 12.6 Å².